The first-order valence-electron chi connectivity index (χ1n) is 7.84. The zero-order valence-electron chi connectivity index (χ0n) is 14.2. The van der Waals surface area contributed by atoms with Gasteiger partial charge in [-0.3, -0.25) is 9.00 Å². The molecular formula is C17H25NO5S. The lowest BCUT2D eigenvalue weighted by atomic mass is 10.1. The van der Waals surface area contributed by atoms with Gasteiger partial charge in [-0.1, -0.05) is 32.0 Å². The number of ether oxygens (including phenoxy) is 1. The molecule has 0 saturated carbocycles. The van der Waals surface area contributed by atoms with Crippen LogP contribution in [0.3, 0.4) is 0 Å². The Labute approximate surface area is 145 Å². The highest BCUT2D eigenvalue weighted by Crippen LogP contribution is 2.09. The Kier molecular flexibility index (Phi) is 8.63. The molecule has 0 aromatic heterocycles. The molecule has 0 aliphatic rings. The van der Waals surface area contributed by atoms with Crippen molar-refractivity contribution in [3.05, 3.63) is 30.3 Å². The highest BCUT2D eigenvalue weighted by atomic mass is 32.2. The molecule has 7 heteroatoms. The number of rotatable bonds is 9. The topological polar surface area (TPSA) is 92.7 Å². The summed E-state index contributed by atoms with van der Waals surface area (Å²) in [5, 5.41) is 12.3. The van der Waals surface area contributed by atoms with Gasteiger partial charge in [0.05, 0.1) is 17.9 Å². The van der Waals surface area contributed by atoms with Gasteiger partial charge in [0.2, 0.25) is 5.91 Å². The Morgan fingerprint density at radius 1 is 1.25 bits per heavy atom. The monoisotopic (exact) mass is 355 g/mol. The van der Waals surface area contributed by atoms with Crippen LogP contribution in [0.1, 0.15) is 26.7 Å². The molecule has 1 aromatic carbocycles. The van der Waals surface area contributed by atoms with Crippen LogP contribution in [0.15, 0.2) is 35.2 Å². The van der Waals surface area contributed by atoms with Gasteiger partial charge in [-0.15, -0.1) is 0 Å². The Morgan fingerprint density at radius 2 is 1.88 bits per heavy atom. The number of carbonyl (C=O) groups is 2. The highest BCUT2D eigenvalue weighted by Gasteiger charge is 2.26. The van der Waals surface area contributed by atoms with Gasteiger partial charge in [-0.2, -0.15) is 0 Å². The second-order valence-electron chi connectivity index (χ2n) is 5.88. The van der Waals surface area contributed by atoms with Crippen LogP contribution in [0.25, 0.3) is 0 Å². The van der Waals surface area contributed by atoms with Gasteiger partial charge >= 0.3 is 5.97 Å². The number of hydrogen-bond acceptors (Lipinski definition) is 5. The molecule has 0 radical (unpaired) electrons. The maximum Gasteiger partial charge on any atom is 0.328 e. The van der Waals surface area contributed by atoms with Crippen molar-refractivity contribution in [2.75, 3.05) is 12.9 Å². The van der Waals surface area contributed by atoms with Gasteiger partial charge < -0.3 is 15.2 Å². The number of benzene rings is 1. The second-order valence-corrected chi connectivity index (χ2v) is 7.45. The molecular weight excluding hydrogens is 330 g/mol. The molecule has 134 valence electrons. The fourth-order valence-corrected chi connectivity index (χ4v) is 3.27. The molecule has 0 saturated heterocycles. The summed E-state index contributed by atoms with van der Waals surface area (Å²) in [6.45, 7) is 3.77. The summed E-state index contributed by atoms with van der Waals surface area (Å²) in [6.07, 6.45) is -0.721. The van der Waals surface area contributed by atoms with E-state index in [2.05, 4.69) is 10.1 Å². The van der Waals surface area contributed by atoms with E-state index in [9.17, 15) is 18.9 Å². The molecule has 0 spiro atoms. The number of aliphatic hydroxyl groups excluding tert-OH is 1. The van der Waals surface area contributed by atoms with Gasteiger partial charge in [0, 0.05) is 10.6 Å². The van der Waals surface area contributed by atoms with Crippen LogP contribution >= 0.6 is 0 Å². The Balaban J connectivity index is 2.64. The van der Waals surface area contributed by atoms with Crippen molar-refractivity contribution in [2.24, 2.45) is 5.92 Å². The number of esters is 1. The van der Waals surface area contributed by atoms with Crippen LogP contribution in [0, 0.1) is 5.92 Å². The summed E-state index contributed by atoms with van der Waals surface area (Å²) in [4.78, 5) is 24.5. The normalized spacial score (nSPS) is 14.7. The van der Waals surface area contributed by atoms with E-state index in [4.69, 9.17) is 0 Å². The molecule has 1 amide bonds. The fraction of sp³-hybridized carbons (Fsp3) is 0.529. The molecule has 0 aliphatic heterocycles. The number of aliphatic hydroxyl groups is 1. The summed E-state index contributed by atoms with van der Waals surface area (Å²) in [7, 11) is -0.0563. The average Bonchev–Trinajstić information content (AvgIpc) is 2.57. The minimum absolute atomic E-state index is 0.146. The summed E-state index contributed by atoms with van der Waals surface area (Å²) >= 11 is 0. The third kappa shape index (κ3) is 6.80. The van der Waals surface area contributed by atoms with E-state index < -0.39 is 34.8 Å². The number of amides is 1. The summed E-state index contributed by atoms with van der Waals surface area (Å²) < 4.78 is 16.9. The molecule has 3 atom stereocenters. The maximum absolute atomic E-state index is 12.2. The van der Waals surface area contributed by atoms with E-state index in [0.717, 1.165) is 0 Å². The van der Waals surface area contributed by atoms with Gasteiger partial charge in [-0.25, -0.2) is 4.79 Å². The van der Waals surface area contributed by atoms with Crippen LogP contribution in [-0.2, 0) is 25.1 Å². The maximum atomic E-state index is 12.2. The molecule has 0 unspecified atom stereocenters. The van der Waals surface area contributed by atoms with Crippen LogP contribution in [0.4, 0.5) is 0 Å². The lowest BCUT2D eigenvalue weighted by Gasteiger charge is -2.19. The van der Waals surface area contributed by atoms with Crippen molar-refractivity contribution < 1.29 is 23.6 Å². The molecule has 24 heavy (non-hydrogen) atoms. The average molecular weight is 355 g/mol. The van der Waals surface area contributed by atoms with Crippen LogP contribution < -0.4 is 5.32 Å². The van der Waals surface area contributed by atoms with Crippen molar-refractivity contribution in [1.82, 2.24) is 5.32 Å². The molecule has 1 rings (SSSR count). The van der Waals surface area contributed by atoms with Gasteiger partial charge in [-0.05, 0) is 30.9 Å². The number of nitrogens with one attached hydrogen (secondary N) is 1. The summed E-state index contributed by atoms with van der Waals surface area (Å²) in [5.74, 6) is -0.896. The summed E-state index contributed by atoms with van der Waals surface area (Å²) in [5.41, 5.74) is 0. The van der Waals surface area contributed by atoms with Crippen molar-refractivity contribution in [3.63, 3.8) is 0 Å². The van der Waals surface area contributed by atoms with E-state index in [1.54, 1.807) is 24.3 Å². The zero-order chi connectivity index (χ0) is 18.1. The van der Waals surface area contributed by atoms with E-state index in [0.29, 0.717) is 11.3 Å². The standard InChI is InChI=1S/C17H25NO5S/c1-12(2)11-15(19)16(20)18-14(17(21)23-3)9-10-24(22)13-7-5-4-6-8-13/h4-8,12,14-15,19H,9-11H2,1-3H3,(H,18,20)/t14-,15-,24+/m1/s1. The molecule has 0 heterocycles. The van der Waals surface area contributed by atoms with Gasteiger partial charge in [0.25, 0.3) is 0 Å². The molecule has 1 aromatic rings. The van der Waals surface area contributed by atoms with Crippen LogP contribution in [0.2, 0.25) is 0 Å². The van der Waals surface area contributed by atoms with E-state index in [1.807, 2.05) is 19.9 Å². The third-order valence-corrected chi connectivity index (χ3v) is 4.80. The van der Waals surface area contributed by atoms with Gasteiger partial charge in [0.15, 0.2) is 0 Å². The largest absolute Gasteiger partial charge is 0.467 e. The number of methoxy groups -OCH3 is 1. The smallest absolute Gasteiger partial charge is 0.328 e. The lowest BCUT2D eigenvalue weighted by molar-refractivity contribution is -0.146. The van der Waals surface area contributed by atoms with Gasteiger partial charge in [0.1, 0.15) is 12.1 Å². The SMILES string of the molecule is COC(=O)[C@@H](CC[S@](=O)c1ccccc1)NC(=O)[C@H](O)CC(C)C. The predicted octanol–water partition coefficient (Wildman–Crippen LogP) is 1.25. The lowest BCUT2D eigenvalue weighted by Crippen LogP contribution is -2.46. The highest BCUT2D eigenvalue weighted by molar-refractivity contribution is 7.85. The third-order valence-electron chi connectivity index (χ3n) is 3.40. The minimum Gasteiger partial charge on any atom is -0.467 e. The number of carbonyl (C=O) groups excluding carboxylic acids is 2. The first-order chi connectivity index (χ1) is 11.3. The minimum atomic E-state index is -1.28. The predicted molar refractivity (Wildman–Crippen MR) is 91.7 cm³/mol. The molecule has 2 N–H and O–H groups in total. The van der Waals surface area contributed by atoms with Crippen molar-refractivity contribution in [2.45, 2.75) is 43.7 Å². The Bertz CT molecular complexity index is 561. The molecule has 0 bridgehead atoms. The quantitative estimate of drug-likeness (QED) is 0.650. The molecule has 6 nitrogen and oxygen atoms in total. The van der Waals surface area contributed by atoms with Crippen molar-refractivity contribution >= 4 is 22.7 Å². The van der Waals surface area contributed by atoms with E-state index >= 15 is 0 Å². The second kappa shape index (κ2) is 10.2. The van der Waals surface area contributed by atoms with Crippen molar-refractivity contribution in [3.8, 4) is 0 Å². The molecule has 0 aliphatic carbocycles. The fourth-order valence-electron chi connectivity index (χ4n) is 2.13. The Hall–Kier alpha value is -1.73. The van der Waals surface area contributed by atoms with E-state index in [1.165, 1.54) is 7.11 Å². The van der Waals surface area contributed by atoms with Crippen LogP contribution in [-0.4, -0.2) is 46.2 Å². The van der Waals surface area contributed by atoms with Crippen LogP contribution in [0.5, 0.6) is 0 Å². The van der Waals surface area contributed by atoms with Crippen molar-refractivity contribution in [1.29, 1.82) is 0 Å². The van der Waals surface area contributed by atoms with E-state index in [-0.39, 0.29) is 18.1 Å². The summed E-state index contributed by atoms with van der Waals surface area (Å²) in [6, 6.07) is 7.96. The first kappa shape index (κ1) is 20.3. The zero-order valence-corrected chi connectivity index (χ0v) is 15.0. The first-order valence-corrected chi connectivity index (χ1v) is 9.16. The molecule has 0 fully saturated rings. The Morgan fingerprint density at radius 3 is 2.42 bits per heavy atom. The number of hydrogen-bond donors (Lipinski definition) is 2.